The van der Waals surface area contributed by atoms with Gasteiger partial charge in [0, 0.05) is 9.49 Å². The zero-order chi connectivity index (χ0) is 37.3. The first-order valence-electron chi connectivity index (χ1n) is 20.4. The third-order valence-electron chi connectivity index (χ3n) is 13.0. The number of phenolic OH excluding ortho intramolecular Hbond substituents is 2. The number of fused-ring (bicyclic) bond motifs is 2. The van der Waals surface area contributed by atoms with E-state index in [4.69, 9.17) is 3.50 Å². The molecule has 1 heterocycles. The van der Waals surface area contributed by atoms with Crippen LogP contribution in [0.15, 0.2) is 69.2 Å². The van der Waals surface area contributed by atoms with Crippen LogP contribution in [0, 0.1) is 37.5 Å². The van der Waals surface area contributed by atoms with Crippen LogP contribution < -0.4 is 4.98 Å². The van der Waals surface area contributed by atoms with Gasteiger partial charge in [0.15, 0.2) is 11.5 Å². The number of nitrogens with zero attached hydrogens (tertiary/aromatic N) is 2. The minimum atomic E-state index is -0.353. The Balaban J connectivity index is 0.000000139. The molecule has 2 aromatic carbocycles. The van der Waals surface area contributed by atoms with Crippen molar-refractivity contribution >= 4 is 32.6 Å². The molecular formula is C47H60IMoN2O2-. The van der Waals surface area contributed by atoms with Gasteiger partial charge in [-0.15, -0.1) is 0 Å². The Hall–Kier alpha value is -2.11. The summed E-state index contributed by atoms with van der Waals surface area (Å²) >= 11 is 2.18. The first-order chi connectivity index (χ1) is 25.4. The van der Waals surface area contributed by atoms with Crippen LogP contribution in [0.5, 0.6) is 11.5 Å². The molecule has 10 rings (SSSR count). The van der Waals surface area contributed by atoms with Crippen molar-refractivity contribution in [2.45, 2.75) is 139 Å². The summed E-state index contributed by atoms with van der Waals surface area (Å²) in [4.78, 5) is 4.11. The van der Waals surface area contributed by atoms with Crippen molar-refractivity contribution in [2.24, 2.45) is 27.2 Å². The summed E-state index contributed by atoms with van der Waals surface area (Å²) in [5, 5.41) is 21.1. The SMILES string of the molecule is CC(C)([CH]=[Mo]=[N]C12CC3CC(CC(C3)C1)C2)c1ccccc1.CC1C(c2c(O)c(O)cc3c2CCCC3)=C2CCCCC2=C[C@@H]1I.Cc1ccc(C)[n-]1. The molecule has 0 amide bonds. The van der Waals surface area contributed by atoms with Crippen LogP contribution in [-0.2, 0) is 36.2 Å². The molecule has 2 atom stereocenters. The smallest absolute Gasteiger partial charge is 0.165 e. The number of hydrogen-bond donors (Lipinski definition) is 2. The van der Waals surface area contributed by atoms with E-state index in [9.17, 15) is 10.2 Å². The minimum Gasteiger partial charge on any atom is -0.665 e. The zero-order valence-electron chi connectivity index (χ0n) is 32.6. The maximum absolute atomic E-state index is 10.8. The van der Waals surface area contributed by atoms with Crippen molar-refractivity contribution < 1.29 is 28.1 Å². The maximum atomic E-state index is 10.8. The predicted octanol–water partition coefficient (Wildman–Crippen LogP) is 11.9. The van der Waals surface area contributed by atoms with Crippen LogP contribution in [0.4, 0.5) is 0 Å². The summed E-state index contributed by atoms with van der Waals surface area (Å²) in [5.41, 5.74) is 12.0. The van der Waals surface area contributed by atoms with E-state index < -0.39 is 0 Å². The monoisotopic (exact) mass is 909 g/mol. The van der Waals surface area contributed by atoms with Gasteiger partial charge in [-0.25, -0.2) is 0 Å². The molecule has 7 aliphatic rings. The number of allylic oxidation sites excluding steroid dienone is 4. The van der Waals surface area contributed by atoms with E-state index in [2.05, 4.69) is 89.2 Å². The van der Waals surface area contributed by atoms with Gasteiger partial charge in [0.05, 0.1) is 0 Å². The Morgan fingerprint density at radius 2 is 1.45 bits per heavy atom. The summed E-state index contributed by atoms with van der Waals surface area (Å²) < 4.78 is 8.42. The van der Waals surface area contributed by atoms with Gasteiger partial charge in [-0.05, 0) is 91.2 Å². The van der Waals surface area contributed by atoms with E-state index in [1.807, 2.05) is 26.0 Å². The van der Waals surface area contributed by atoms with Gasteiger partial charge in [0.25, 0.3) is 0 Å². The second-order valence-electron chi connectivity index (χ2n) is 17.8. The van der Waals surface area contributed by atoms with E-state index in [1.165, 1.54) is 97.6 Å². The fraction of sp³-hybridized carbons (Fsp3) is 0.553. The quantitative estimate of drug-likeness (QED) is 0.119. The fourth-order valence-corrected chi connectivity index (χ4v) is 13.7. The zero-order valence-corrected chi connectivity index (χ0v) is 36.8. The Labute approximate surface area is 340 Å². The molecule has 0 spiro atoms. The maximum Gasteiger partial charge on any atom is 0.165 e. The Morgan fingerprint density at radius 1 is 0.849 bits per heavy atom. The van der Waals surface area contributed by atoms with Crippen molar-refractivity contribution in [1.29, 1.82) is 0 Å². The molecule has 5 fully saturated rings. The second-order valence-corrected chi connectivity index (χ2v) is 20.7. The number of rotatable bonds is 4. The first-order valence-corrected chi connectivity index (χ1v) is 23.7. The number of hydrogen-bond acceptors (Lipinski definition) is 3. The van der Waals surface area contributed by atoms with Crippen molar-refractivity contribution in [2.75, 3.05) is 0 Å². The van der Waals surface area contributed by atoms with Crippen LogP contribution in [0.2, 0.25) is 0 Å². The molecule has 4 nitrogen and oxygen atoms in total. The summed E-state index contributed by atoms with van der Waals surface area (Å²) in [7, 11) is 0. The molecule has 53 heavy (non-hydrogen) atoms. The van der Waals surface area contributed by atoms with Crippen LogP contribution in [0.3, 0.4) is 0 Å². The largest absolute Gasteiger partial charge is 0.665 e. The Morgan fingerprint density at radius 3 is 2.08 bits per heavy atom. The van der Waals surface area contributed by atoms with Crippen LogP contribution in [-0.4, -0.2) is 24.1 Å². The van der Waals surface area contributed by atoms with Crippen LogP contribution in [0.1, 0.15) is 131 Å². The van der Waals surface area contributed by atoms with Gasteiger partial charge in [-0.2, -0.15) is 11.4 Å². The van der Waals surface area contributed by atoms with Crippen molar-refractivity contribution in [3.05, 3.63) is 99.4 Å². The number of alkyl halides is 1. The van der Waals surface area contributed by atoms with Gasteiger partial charge in [-0.3, -0.25) is 0 Å². The molecule has 7 aliphatic carbocycles. The third-order valence-corrected chi connectivity index (χ3v) is 17.4. The second kappa shape index (κ2) is 16.5. The average molecular weight is 908 g/mol. The third kappa shape index (κ3) is 8.82. The fourth-order valence-electron chi connectivity index (χ4n) is 10.7. The normalized spacial score (nSPS) is 28.3. The summed E-state index contributed by atoms with van der Waals surface area (Å²) in [5.74, 6) is 3.60. The van der Waals surface area contributed by atoms with Crippen molar-refractivity contribution in [3.8, 4) is 11.5 Å². The van der Waals surface area contributed by atoms with Gasteiger partial charge < -0.3 is 15.2 Å². The van der Waals surface area contributed by atoms with Crippen molar-refractivity contribution in [1.82, 2.24) is 4.98 Å². The van der Waals surface area contributed by atoms with Gasteiger partial charge >= 0.3 is 143 Å². The first kappa shape index (κ1) is 39.1. The topological polar surface area (TPSA) is 66.9 Å². The van der Waals surface area contributed by atoms with Crippen LogP contribution in [0.25, 0.3) is 5.57 Å². The van der Waals surface area contributed by atoms with Crippen molar-refractivity contribution in [3.63, 3.8) is 0 Å². The van der Waals surface area contributed by atoms with Gasteiger partial charge in [0.2, 0.25) is 0 Å². The van der Waals surface area contributed by atoms with E-state index >= 15 is 0 Å². The number of aromatic nitrogens is 1. The Kier molecular flexibility index (Phi) is 12.2. The summed E-state index contributed by atoms with van der Waals surface area (Å²) in [6, 6.07) is 16.7. The number of benzene rings is 2. The molecular weight excluding hydrogens is 847 g/mol. The molecule has 0 aliphatic heterocycles. The molecule has 1 aromatic heterocycles. The van der Waals surface area contributed by atoms with E-state index in [0.29, 0.717) is 15.4 Å². The molecule has 284 valence electrons. The minimum absolute atomic E-state index is 0.0582. The average Bonchev–Trinajstić information content (AvgIpc) is 3.52. The van der Waals surface area contributed by atoms with E-state index in [0.717, 1.165) is 60.4 Å². The molecule has 4 bridgehead atoms. The number of halogens is 1. The molecule has 0 saturated heterocycles. The number of aryl methyl sites for hydroxylation is 3. The van der Waals surface area contributed by atoms with E-state index in [-0.39, 0.29) is 34.8 Å². The van der Waals surface area contributed by atoms with Gasteiger partial charge in [-0.1, -0.05) is 61.6 Å². The van der Waals surface area contributed by atoms with Gasteiger partial charge in [0.1, 0.15) is 0 Å². The Bertz CT molecular complexity index is 1860. The molecule has 2 N–H and O–H groups in total. The van der Waals surface area contributed by atoms with E-state index in [1.54, 1.807) is 6.07 Å². The standard InChI is InChI=1S/C21H25IO2.C10H15N.C10H12.C6H8N.Mo/c1-12-17(22)10-13-6-2-4-8-15(13)19(12)20-16-9-5-3-7-14(16)11-18(23)21(20)24;11-10-4-7-1-8(5-10)3-9(2-7)6-10;1-10(2,3)9-7-5-4-6-8-9;1-5-3-4-6(2)7-5;/h10-12,17,23-24H,2-9H2,1H3;7-9H,1-6H2;1,4-8H,2-3H3;3-4H,1-2H3;/q;;;-1;/t12?,17-;;;;/m0..../s1. The molecule has 3 aromatic rings. The number of phenols is 2. The molecule has 0 radical (unpaired) electrons. The molecule has 6 heteroatoms. The van der Waals surface area contributed by atoms with Crippen LogP contribution >= 0.6 is 22.6 Å². The number of aromatic hydroxyl groups is 2. The summed E-state index contributed by atoms with van der Waals surface area (Å²) in [6.45, 7) is 11.0. The summed E-state index contributed by atoms with van der Waals surface area (Å²) in [6.07, 6.45) is 20.4. The molecule has 5 saturated carbocycles. The molecule has 1 unspecified atom stereocenters. The predicted molar refractivity (Wildman–Crippen MR) is 225 cm³/mol.